The van der Waals surface area contributed by atoms with Crippen LogP contribution in [0.2, 0.25) is 0 Å². The molecule has 0 saturated heterocycles. The molecule has 0 radical (unpaired) electrons. The highest BCUT2D eigenvalue weighted by Crippen LogP contribution is 2.30. The molecule has 0 N–H and O–H groups in total. The molecular formula is C15H12FN3O2. The maximum absolute atomic E-state index is 13.0. The SMILES string of the molecule is N#CCC(=O)N1CCc2c(noc2-c2ccc(F)cc2)C1. The van der Waals surface area contributed by atoms with Gasteiger partial charge in [0.15, 0.2) is 5.76 Å². The van der Waals surface area contributed by atoms with Gasteiger partial charge in [-0.3, -0.25) is 4.79 Å². The van der Waals surface area contributed by atoms with E-state index in [1.54, 1.807) is 17.0 Å². The van der Waals surface area contributed by atoms with Crippen LogP contribution in [0.5, 0.6) is 0 Å². The lowest BCUT2D eigenvalue weighted by Gasteiger charge is -2.25. The Labute approximate surface area is 120 Å². The van der Waals surface area contributed by atoms with Crippen molar-refractivity contribution in [3.8, 4) is 17.4 Å². The normalized spacial score (nSPS) is 13.6. The second-order valence-electron chi connectivity index (χ2n) is 4.84. The fourth-order valence-electron chi connectivity index (χ4n) is 2.45. The van der Waals surface area contributed by atoms with Gasteiger partial charge in [-0.25, -0.2) is 4.39 Å². The zero-order chi connectivity index (χ0) is 14.8. The van der Waals surface area contributed by atoms with Crippen molar-refractivity contribution in [2.45, 2.75) is 19.4 Å². The second kappa shape index (κ2) is 5.37. The lowest BCUT2D eigenvalue weighted by atomic mass is 10.0. The summed E-state index contributed by atoms with van der Waals surface area (Å²) in [6.45, 7) is 0.878. The highest BCUT2D eigenvalue weighted by Gasteiger charge is 2.26. The fourth-order valence-corrected chi connectivity index (χ4v) is 2.45. The summed E-state index contributed by atoms with van der Waals surface area (Å²) in [5.74, 6) is 0.118. The monoisotopic (exact) mass is 285 g/mol. The average molecular weight is 285 g/mol. The first-order chi connectivity index (χ1) is 10.2. The van der Waals surface area contributed by atoms with Gasteiger partial charge in [0.1, 0.15) is 17.9 Å². The highest BCUT2D eigenvalue weighted by atomic mass is 19.1. The number of hydrogen-bond donors (Lipinski definition) is 0. The number of carbonyl (C=O) groups is 1. The number of fused-ring (bicyclic) bond motifs is 1. The first-order valence-corrected chi connectivity index (χ1v) is 6.57. The van der Waals surface area contributed by atoms with Crippen LogP contribution < -0.4 is 0 Å². The minimum atomic E-state index is -0.305. The summed E-state index contributed by atoms with van der Waals surface area (Å²) in [4.78, 5) is 13.3. The fraction of sp³-hybridized carbons (Fsp3) is 0.267. The van der Waals surface area contributed by atoms with Gasteiger partial charge in [0.25, 0.3) is 0 Å². The van der Waals surface area contributed by atoms with Crippen molar-refractivity contribution >= 4 is 5.91 Å². The van der Waals surface area contributed by atoms with Crippen LogP contribution in [0.15, 0.2) is 28.8 Å². The summed E-state index contributed by atoms with van der Waals surface area (Å²) in [6.07, 6.45) is 0.487. The number of benzene rings is 1. The summed E-state index contributed by atoms with van der Waals surface area (Å²) in [5.41, 5.74) is 2.41. The number of amides is 1. The summed E-state index contributed by atoms with van der Waals surface area (Å²) in [6, 6.07) is 7.88. The van der Waals surface area contributed by atoms with Crippen molar-refractivity contribution in [1.29, 1.82) is 5.26 Å². The third-order valence-corrected chi connectivity index (χ3v) is 3.53. The first-order valence-electron chi connectivity index (χ1n) is 6.57. The zero-order valence-corrected chi connectivity index (χ0v) is 11.2. The molecule has 106 valence electrons. The number of rotatable bonds is 2. The molecule has 0 fully saturated rings. The van der Waals surface area contributed by atoms with Crippen LogP contribution in [0.1, 0.15) is 17.7 Å². The Morgan fingerprint density at radius 2 is 2.19 bits per heavy atom. The molecule has 21 heavy (non-hydrogen) atoms. The van der Waals surface area contributed by atoms with Gasteiger partial charge < -0.3 is 9.42 Å². The van der Waals surface area contributed by atoms with E-state index in [1.165, 1.54) is 12.1 Å². The Morgan fingerprint density at radius 3 is 2.90 bits per heavy atom. The van der Waals surface area contributed by atoms with E-state index in [0.717, 1.165) is 11.1 Å². The van der Waals surface area contributed by atoms with Crippen molar-refractivity contribution < 1.29 is 13.7 Å². The molecule has 5 nitrogen and oxygen atoms in total. The number of carbonyl (C=O) groups excluding carboxylic acids is 1. The van der Waals surface area contributed by atoms with Gasteiger partial charge >= 0.3 is 0 Å². The molecule has 0 unspecified atom stereocenters. The molecule has 1 aromatic heterocycles. The van der Waals surface area contributed by atoms with Crippen molar-refractivity contribution in [2.24, 2.45) is 0 Å². The van der Waals surface area contributed by atoms with Gasteiger partial charge in [0.05, 0.1) is 12.6 Å². The van der Waals surface area contributed by atoms with E-state index in [9.17, 15) is 9.18 Å². The molecule has 0 atom stereocenters. The first kappa shape index (κ1) is 13.3. The van der Waals surface area contributed by atoms with E-state index in [1.807, 2.05) is 6.07 Å². The minimum absolute atomic E-state index is 0.127. The van der Waals surface area contributed by atoms with E-state index in [4.69, 9.17) is 9.78 Å². The van der Waals surface area contributed by atoms with Gasteiger partial charge in [-0.05, 0) is 30.7 Å². The maximum Gasteiger partial charge on any atom is 0.237 e. The second-order valence-corrected chi connectivity index (χ2v) is 4.84. The van der Waals surface area contributed by atoms with E-state index in [-0.39, 0.29) is 18.1 Å². The Bertz CT molecular complexity index is 716. The van der Waals surface area contributed by atoms with E-state index in [2.05, 4.69) is 5.16 Å². The van der Waals surface area contributed by atoms with Crippen LogP contribution >= 0.6 is 0 Å². The molecule has 1 aliphatic heterocycles. The predicted molar refractivity (Wildman–Crippen MR) is 71.2 cm³/mol. The van der Waals surface area contributed by atoms with Crippen LogP contribution in [-0.4, -0.2) is 22.5 Å². The quantitative estimate of drug-likeness (QED) is 0.848. The molecule has 0 saturated carbocycles. The lowest BCUT2D eigenvalue weighted by Crippen LogP contribution is -2.35. The third kappa shape index (κ3) is 2.50. The summed E-state index contributed by atoms with van der Waals surface area (Å²) in [5, 5.41) is 12.6. The number of halogens is 1. The van der Waals surface area contributed by atoms with Gasteiger partial charge in [-0.15, -0.1) is 0 Å². The standard InChI is InChI=1S/C15H12FN3O2/c16-11-3-1-10(2-4-11)15-12-6-8-19(14(20)5-7-17)9-13(12)18-21-15/h1-4H,5-6,8-9H2. The summed E-state index contributed by atoms with van der Waals surface area (Å²) >= 11 is 0. The molecule has 3 rings (SSSR count). The van der Waals surface area contributed by atoms with Crippen LogP contribution in [-0.2, 0) is 17.8 Å². The molecule has 0 spiro atoms. The Hall–Kier alpha value is -2.68. The smallest absolute Gasteiger partial charge is 0.237 e. The molecule has 0 bridgehead atoms. The summed E-state index contributed by atoms with van der Waals surface area (Å²) < 4.78 is 18.3. The van der Waals surface area contributed by atoms with Crippen LogP contribution in [0, 0.1) is 17.1 Å². The van der Waals surface area contributed by atoms with Gasteiger partial charge in [0.2, 0.25) is 5.91 Å². The van der Waals surface area contributed by atoms with Crippen molar-refractivity contribution in [2.75, 3.05) is 6.54 Å². The molecular weight excluding hydrogens is 273 g/mol. The van der Waals surface area contributed by atoms with Crippen molar-refractivity contribution in [3.05, 3.63) is 41.3 Å². The van der Waals surface area contributed by atoms with E-state index >= 15 is 0 Å². The number of hydrogen-bond acceptors (Lipinski definition) is 4. The van der Waals surface area contributed by atoms with E-state index in [0.29, 0.717) is 31.0 Å². The van der Waals surface area contributed by atoms with Crippen LogP contribution in [0.25, 0.3) is 11.3 Å². The van der Waals surface area contributed by atoms with Crippen LogP contribution in [0.3, 0.4) is 0 Å². The van der Waals surface area contributed by atoms with Gasteiger partial charge in [-0.2, -0.15) is 5.26 Å². The molecule has 2 aromatic rings. The zero-order valence-electron chi connectivity index (χ0n) is 11.2. The van der Waals surface area contributed by atoms with Gasteiger partial charge in [0, 0.05) is 17.7 Å². The molecule has 2 heterocycles. The van der Waals surface area contributed by atoms with Crippen LogP contribution in [0.4, 0.5) is 4.39 Å². The number of aromatic nitrogens is 1. The molecule has 0 aliphatic carbocycles. The minimum Gasteiger partial charge on any atom is -0.356 e. The predicted octanol–water partition coefficient (Wildman–Crippen LogP) is 2.28. The van der Waals surface area contributed by atoms with Gasteiger partial charge in [-0.1, -0.05) is 5.16 Å². The summed E-state index contributed by atoms with van der Waals surface area (Å²) in [7, 11) is 0. The Balaban J connectivity index is 1.86. The van der Waals surface area contributed by atoms with Crippen molar-refractivity contribution in [3.63, 3.8) is 0 Å². The van der Waals surface area contributed by atoms with Crippen molar-refractivity contribution in [1.82, 2.24) is 10.1 Å². The Kier molecular flexibility index (Phi) is 3.40. The molecule has 1 aliphatic rings. The maximum atomic E-state index is 13.0. The lowest BCUT2D eigenvalue weighted by molar-refractivity contribution is -0.131. The molecule has 1 aromatic carbocycles. The third-order valence-electron chi connectivity index (χ3n) is 3.53. The number of nitriles is 1. The molecule has 1 amide bonds. The topological polar surface area (TPSA) is 70.1 Å². The Morgan fingerprint density at radius 1 is 1.43 bits per heavy atom. The number of nitrogens with zero attached hydrogens (tertiary/aromatic N) is 3. The largest absolute Gasteiger partial charge is 0.356 e. The highest BCUT2D eigenvalue weighted by molar-refractivity contribution is 5.78. The molecule has 6 heteroatoms. The van der Waals surface area contributed by atoms with E-state index < -0.39 is 0 Å². The average Bonchev–Trinajstić information content (AvgIpc) is 2.91.